The van der Waals surface area contributed by atoms with E-state index < -0.39 is 0 Å². The highest BCUT2D eigenvalue weighted by Gasteiger charge is 2.30. The summed E-state index contributed by atoms with van der Waals surface area (Å²) < 4.78 is 10.8. The highest BCUT2D eigenvalue weighted by Crippen LogP contribution is 2.28. The van der Waals surface area contributed by atoms with Crippen LogP contribution in [0.5, 0.6) is 5.75 Å². The smallest absolute Gasteiger partial charge is 0.245 e. The van der Waals surface area contributed by atoms with Crippen molar-refractivity contribution < 1.29 is 9.26 Å². The number of methoxy groups -OCH3 is 1. The van der Waals surface area contributed by atoms with Crippen LogP contribution in [0.4, 0.5) is 0 Å². The van der Waals surface area contributed by atoms with Crippen molar-refractivity contribution in [3.63, 3.8) is 0 Å². The molecular formula is C16H21ClN4O2. The van der Waals surface area contributed by atoms with Crippen LogP contribution in [-0.2, 0) is 6.54 Å². The number of halogens is 1. The lowest BCUT2D eigenvalue weighted by atomic mass is 10.1. The number of nitrogens with zero attached hydrogens (tertiary/aromatic N) is 4. The van der Waals surface area contributed by atoms with Gasteiger partial charge in [-0.1, -0.05) is 22.8 Å². The van der Waals surface area contributed by atoms with Gasteiger partial charge in [-0.3, -0.25) is 9.80 Å². The van der Waals surface area contributed by atoms with E-state index in [1.807, 2.05) is 25.1 Å². The molecule has 0 bridgehead atoms. The predicted octanol–water partition coefficient (Wildman–Crippen LogP) is 2.53. The molecule has 0 aliphatic carbocycles. The first-order valence-corrected chi connectivity index (χ1v) is 8.00. The fraction of sp³-hybridized carbons (Fsp3) is 0.500. The van der Waals surface area contributed by atoms with Crippen LogP contribution in [0, 0.1) is 6.92 Å². The topological polar surface area (TPSA) is 54.6 Å². The molecule has 7 heteroatoms. The number of benzene rings is 1. The third kappa shape index (κ3) is 3.65. The zero-order valence-corrected chi connectivity index (χ0v) is 14.4. The normalized spacial score (nSPS) is 19.9. The van der Waals surface area contributed by atoms with Crippen LogP contribution < -0.4 is 4.74 Å². The molecule has 124 valence electrons. The molecule has 1 fully saturated rings. The number of piperazine rings is 1. The molecule has 0 saturated carbocycles. The van der Waals surface area contributed by atoms with Gasteiger partial charge in [-0.2, -0.15) is 4.98 Å². The Labute approximate surface area is 141 Å². The maximum atomic E-state index is 6.04. The maximum absolute atomic E-state index is 6.04. The molecule has 3 rings (SSSR count). The van der Waals surface area contributed by atoms with Gasteiger partial charge in [-0.15, -0.1) is 0 Å². The Kier molecular flexibility index (Phi) is 4.84. The summed E-state index contributed by atoms with van der Waals surface area (Å²) in [4.78, 5) is 9.01. The molecular weight excluding hydrogens is 316 g/mol. The molecule has 1 atom stereocenters. The van der Waals surface area contributed by atoms with Gasteiger partial charge in [-0.25, -0.2) is 0 Å². The average Bonchev–Trinajstić information content (AvgIpc) is 2.97. The lowest BCUT2D eigenvalue weighted by molar-refractivity contribution is 0.0710. The van der Waals surface area contributed by atoms with Crippen molar-refractivity contribution in [2.45, 2.75) is 19.5 Å². The van der Waals surface area contributed by atoms with E-state index in [-0.39, 0.29) is 6.04 Å². The molecule has 1 aliphatic heterocycles. The number of aromatic nitrogens is 2. The van der Waals surface area contributed by atoms with Crippen LogP contribution in [0.25, 0.3) is 0 Å². The number of aryl methyl sites for hydroxylation is 1. The van der Waals surface area contributed by atoms with E-state index in [1.54, 1.807) is 7.11 Å². The van der Waals surface area contributed by atoms with Crippen LogP contribution in [-0.4, -0.2) is 53.7 Å². The second-order valence-electron chi connectivity index (χ2n) is 5.87. The Bertz CT molecular complexity index is 676. The van der Waals surface area contributed by atoms with Crippen LogP contribution in [0.15, 0.2) is 22.7 Å². The molecule has 0 radical (unpaired) electrons. The standard InChI is InChI=1S/C16H21ClN4O2/c1-11-18-16(23-19-11)14-10-21(7-6-20(14)2)9-12-4-5-13(17)8-15(12)22-3/h4-5,8,14H,6-7,9-10H2,1-3H3/t14-/m0/s1. The third-order valence-electron chi connectivity index (χ3n) is 4.20. The lowest BCUT2D eigenvalue weighted by Crippen LogP contribution is -2.46. The van der Waals surface area contributed by atoms with Gasteiger partial charge in [-0.05, 0) is 26.1 Å². The Morgan fingerprint density at radius 3 is 2.91 bits per heavy atom. The summed E-state index contributed by atoms with van der Waals surface area (Å²) in [6, 6.07) is 5.88. The minimum Gasteiger partial charge on any atom is -0.496 e. The van der Waals surface area contributed by atoms with E-state index in [1.165, 1.54) is 0 Å². The molecule has 1 aliphatic rings. The van der Waals surface area contributed by atoms with Gasteiger partial charge in [0.2, 0.25) is 5.89 Å². The molecule has 1 aromatic heterocycles. The van der Waals surface area contributed by atoms with E-state index in [2.05, 4.69) is 27.0 Å². The summed E-state index contributed by atoms with van der Waals surface area (Å²) >= 11 is 6.04. The number of ether oxygens (including phenoxy) is 1. The van der Waals surface area contributed by atoms with Crippen LogP contribution >= 0.6 is 11.6 Å². The van der Waals surface area contributed by atoms with Gasteiger partial charge in [0.1, 0.15) is 11.8 Å². The lowest BCUT2D eigenvalue weighted by Gasteiger charge is -2.37. The molecule has 2 aromatic rings. The number of likely N-dealkylation sites (N-methyl/N-ethyl adjacent to an activating group) is 1. The summed E-state index contributed by atoms with van der Waals surface area (Å²) in [5.74, 6) is 2.17. The van der Waals surface area contributed by atoms with Crippen LogP contribution in [0.1, 0.15) is 23.3 Å². The van der Waals surface area contributed by atoms with Crippen molar-refractivity contribution in [3.8, 4) is 5.75 Å². The highest BCUT2D eigenvalue weighted by atomic mass is 35.5. The monoisotopic (exact) mass is 336 g/mol. The molecule has 2 heterocycles. The SMILES string of the molecule is COc1cc(Cl)ccc1CN1CCN(C)[C@H](c2nc(C)no2)C1. The summed E-state index contributed by atoms with van der Waals surface area (Å²) in [7, 11) is 3.76. The molecule has 1 saturated heterocycles. The summed E-state index contributed by atoms with van der Waals surface area (Å²) in [6.07, 6.45) is 0. The predicted molar refractivity (Wildman–Crippen MR) is 87.7 cm³/mol. The van der Waals surface area contributed by atoms with E-state index in [9.17, 15) is 0 Å². The Balaban J connectivity index is 1.74. The van der Waals surface area contributed by atoms with Crippen molar-refractivity contribution in [2.75, 3.05) is 33.8 Å². The second-order valence-corrected chi connectivity index (χ2v) is 6.30. The van der Waals surface area contributed by atoms with Crippen molar-refractivity contribution in [2.24, 2.45) is 0 Å². The Morgan fingerprint density at radius 1 is 1.39 bits per heavy atom. The van der Waals surface area contributed by atoms with Crippen molar-refractivity contribution in [1.29, 1.82) is 0 Å². The molecule has 23 heavy (non-hydrogen) atoms. The molecule has 0 unspecified atom stereocenters. The first-order chi connectivity index (χ1) is 11.1. The van der Waals surface area contributed by atoms with E-state index in [0.29, 0.717) is 16.7 Å². The minimum atomic E-state index is 0.114. The molecule has 6 nitrogen and oxygen atoms in total. The average molecular weight is 337 g/mol. The van der Waals surface area contributed by atoms with Crippen molar-refractivity contribution in [1.82, 2.24) is 19.9 Å². The number of rotatable bonds is 4. The molecule has 0 spiro atoms. The van der Waals surface area contributed by atoms with E-state index >= 15 is 0 Å². The first kappa shape index (κ1) is 16.2. The summed E-state index contributed by atoms with van der Waals surface area (Å²) in [6.45, 7) is 5.40. The van der Waals surface area contributed by atoms with E-state index in [0.717, 1.165) is 37.5 Å². The summed E-state index contributed by atoms with van der Waals surface area (Å²) in [5.41, 5.74) is 1.13. The van der Waals surface area contributed by atoms with Gasteiger partial charge in [0.15, 0.2) is 5.82 Å². The van der Waals surface area contributed by atoms with Crippen molar-refractivity contribution in [3.05, 3.63) is 40.5 Å². The fourth-order valence-electron chi connectivity index (χ4n) is 2.88. The van der Waals surface area contributed by atoms with Crippen LogP contribution in [0.2, 0.25) is 5.02 Å². The highest BCUT2D eigenvalue weighted by molar-refractivity contribution is 6.30. The number of hydrogen-bond donors (Lipinski definition) is 0. The van der Waals surface area contributed by atoms with Gasteiger partial charge in [0.25, 0.3) is 0 Å². The maximum Gasteiger partial charge on any atom is 0.245 e. The third-order valence-corrected chi connectivity index (χ3v) is 4.44. The zero-order chi connectivity index (χ0) is 16.4. The van der Waals surface area contributed by atoms with Gasteiger partial charge in [0.05, 0.1) is 7.11 Å². The fourth-order valence-corrected chi connectivity index (χ4v) is 3.04. The first-order valence-electron chi connectivity index (χ1n) is 7.62. The number of hydrogen-bond acceptors (Lipinski definition) is 6. The van der Waals surface area contributed by atoms with Crippen LogP contribution in [0.3, 0.4) is 0 Å². The zero-order valence-electron chi connectivity index (χ0n) is 13.6. The Hall–Kier alpha value is -1.63. The van der Waals surface area contributed by atoms with Gasteiger partial charge in [0, 0.05) is 36.8 Å². The summed E-state index contributed by atoms with van der Waals surface area (Å²) in [5, 5.41) is 4.59. The quantitative estimate of drug-likeness (QED) is 0.855. The van der Waals surface area contributed by atoms with Crippen molar-refractivity contribution >= 4 is 11.6 Å². The largest absolute Gasteiger partial charge is 0.496 e. The van der Waals surface area contributed by atoms with Gasteiger partial charge >= 0.3 is 0 Å². The van der Waals surface area contributed by atoms with Gasteiger partial charge < -0.3 is 9.26 Å². The molecule has 1 aromatic carbocycles. The van der Waals surface area contributed by atoms with E-state index in [4.69, 9.17) is 20.9 Å². The minimum absolute atomic E-state index is 0.114. The molecule has 0 N–H and O–H groups in total. The second kappa shape index (κ2) is 6.86. The Morgan fingerprint density at radius 2 is 2.22 bits per heavy atom. The molecule has 0 amide bonds.